The molecular weight excluding hydrogens is 234 g/mol. The van der Waals surface area contributed by atoms with Crippen molar-refractivity contribution in [1.29, 1.82) is 0 Å². The molecule has 0 bridgehead atoms. The van der Waals surface area contributed by atoms with Crippen LogP contribution in [0.4, 0.5) is 0 Å². The Morgan fingerprint density at radius 2 is 1.72 bits per heavy atom. The van der Waals surface area contributed by atoms with Crippen LogP contribution in [0.15, 0.2) is 12.1 Å². The second-order valence-electron chi connectivity index (χ2n) is 4.09. The van der Waals surface area contributed by atoms with E-state index in [1.54, 1.807) is 32.9 Å². The molecule has 0 saturated heterocycles. The molecule has 1 aromatic carbocycles. The predicted octanol–water partition coefficient (Wildman–Crippen LogP) is 1.34. The van der Waals surface area contributed by atoms with Crippen LogP contribution in [-0.4, -0.2) is 25.1 Å². The third-order valence-corrected chi connectivity index (χ3v) is 2.57. The number of benzene rings is 1. The van der Waals surface area contributed by atoms with Gasteiger partial charge in [-0.2, -0.15) is 0 Å². The number of nitrogens with two attached hydrogens (primary N) is 1. The summed E-state index contributed by atoms with van der Waals surface area (Å²) in [6.07, 6.45) is -0.702. The van der Waals surface area contributed by atoms with Gasteiger partial charge < -0.3 is 15.2 Å². The molecule has 98 valence electrons. The van der Waals surface area contributed by atoms with Gasteiger partial charge in [-0.1, -0.05) is 0 Å². The summed E-state index contributed by atoms with van der Waals surface area (Å²) in [5.41, 5.74) is 7.14. The lowest BCUT2D eigenvalue weighted by Gasteiger charge is -2.17. The predicted molar refractivity (Wildman–Crippen MR) is 66.5 cm³/mol. The lowest BCUT2D eigenvalue weighted by atomic mass is 10.1. The van der Waals surface area contributed by atoms with Crippen molar-refractivity contribution in [2.24, 2.45) is 5.73 Å². The lowest BCUT2D eigenvalue weighted by Crippen LogP contribution is -2.25. The molecule has 0 saturated carbocycles. The van der Waals surface area contributed by atoms with E-state index in [9.17, 15) is 9.59 Å². The maximum Gasteiger partial charge on any atom is 0.346 e. The SMILES string of the molecule is COC(=O)[C@H](C)Oc1c(C)cc(C(N)=O)cc1C. The van der Waals surface area contributed by atoms with Crippen molar-refractivity contribution in [3.63, 3.8) is 0 Å². The molecule has 0 radical (unpaired) electrons. The van der Waals surface area contributed by atoms with E-state index in [0.717, 1.165) is 11.1 Å². The van der Waals surface area contributed by atoms with Gasteiger partial charge in [-0.3, -0.25) is 4.79 Å². The molecule has 5 heteroatoms. The smallest absolute Gasteiger partial charge is 0.346 e. The summed E-state index contributed by atoms with van der Waals surface area (Å²) in [7, 11) is 1.30. The number of hydrogen-bond acceptors (Lipinski definition) is 4. The molecule has 1 aromatic rings. The second kappa shape index (κ2) is 5.53. The number of methoxy groups -OCH3 is 1. The highest BCUT2D eigenvalue weighted by Crippen LogP contribution is 2.25. The molecule has 0 unspecified atom stereocenters. The van der Waals surface area contributed by atoms with Crippen molar-refractivity contribution in [3.8, 4) is 5.75 Å². The van der Waals surface area contributed by atoms with E-state index in [2.05, 4.69) is 4.74 Å². The first-order chi connectivity index (χ1) is 8.36. The second-order valence-corrected chi connectivity index (χ2v) is 4.09. The third kappa shape index (κ3) is 3.00. The van der Waals surface area contributed by atoms with E-state index in [-0.39, 0.29) is 0 Å². The Balaban J connectivity index is 3.04. The first kappa shape index (κ1) is 14.0. The third-order valence-electron chi connectivity index (χ3n) is 2.57. The van der Waals surface area contributed by atoms with Gasteiger partial charge in [-0.25, -0.2) is 4.79 Å². The molecule has 0 aromatic heterocycles. The van der Waals surface area contributed by atoms with Crippen molar-refractivity contribution in [1.82, 2.24) is 0 Å². The van der Waals surface area contributed by atoms with Crippen molar-refractivity contribution in [2.45, 2.75) is 26.9 Å². The Bertz CT molecular complexity index is 459. The molecule has 18 heavy (non-hydrogen) atoms. The first-order valence-electron chi connectivity index (χ1n) is 5.52. The summed E-state index contributed by atoms with van der Waals surface area (Å²) < 4.78 is 10.1. The molecule has 0 heterocycles. The molecule has 2 N–H and O–H groups in total. The van der Waals surface area contributed by atoms with Crippen LogP contribution >= 0.6 is 0 Å². The standard InChI is InChI=1S/C13H17NO4/c1-7-5-10(12(14)15)6-8(2)11(7)18-9(3)13(16)17-4/h5-6,9H,1-4H3,(H2,14,15)/t9-/m0/s1. The number of amides is 1. The summed E-state index contributed by atoms with van der Waals surface area (Å²) in [4.78, 5) is 22.4. The van der Waals surface area contributed by atoms with Crippen LogP contribution in [-0.2, 0) is 9.53 Å². The zero-order valence-corrected chi connectivity index (χ0v) is 10.9. The number of hydrogen-bond donors (Lipinski definition) is 1. The molecule has 0 aliphatic heterocycles. The van der Waals surface area contributed by atoms with E-state index >= 15 is 0 Å². The first-order valence-corrected chi connectivity index (χ1v) is 5.52. The fourth-order valence-corrected chi connectivity index (χ4v) is 1.67. The fraction of sp³-hybridized carbons (Fsp3) is 0.385. The minimum Gasteiger partial charge on any atom is -0.478 e. The molecular formula is C13H17NO4. The van der Waals surface area contributed by atoms with Gasteiger partial charge in [0.25, 0.3) is 0 Å². The monoisotopic (exact) mass is 251 g/mol. The summed E-state index contributed by atoms with van der Waals surface area (Å²) >= 11 is 0. The van der Waals surface area contributed by atoms with Gasteiger partial charge in [0.05, 0.1) is 7.11 Å². The Morgan fingerprint density at radius 1 is 1.22 bits per heavy atom. The van der Waals surface area contributed by atoms with Crippen molar-refractivity contribution < 1.29 is 19.1 Å². The van der Waals surface area contributed by atoms with Crippen LogP contribution in [0.2, 0.25) is 0 Å². The number of rotatable bonds is 4. The lowest BCUT2D eigenvalue weighted by molar-refractivity contribution is -0.147. The number of esters is 1. The maximum atomic E-state index is 11.3. The molecule has 0 aliphatic rings. The highest BCUT2D eigenvalue weighted by atomic mass is 16.6. The molecule has 1 amide bonds. The minimum absolute atomic E-state index is 0.420. The van der Waals surface area contributed by atoms with Crippen LogP contribution in [0, 0.1) is 13.8 Å². The van der Waals surface area contributed by atoms with Gasteiger partial charge in [0.1, 0.15) is 5.75 Å². The average molecular weight is 251 g/mol. The van der Waals surface area contributed by atoms with E-state index in [1.165, 1.54) is 7.11 Å². The van der Waals surface area contributed by atoms with Gasteiger partial charge in [-0.15, -0.1) is 0 Å². The molecule has 0 spiro atoms. The van der Waals surface area contributed by atoms with E-state index in [0.29, 0.717) is 11.3 Å². The number of ether oxygens (including phenoxy) is 2. The van der Waals surface area contributed by atoms with Crippen LogP contribution in [0.3, 0.4) is 0 Å². The van der Waals surface area contributed by atoms with Crippen molar-refractivity contribution >= 4 is 11.9 Å². The van der Waals surface area contributed by atoms with Crippen LogP contribution in [0.25, 0.3) is 0 Å². The highest BCUT2D eigenvalue weighted by molar-refractivity contribution is 5.93. The zero-order valence-electron chi connectivity index (χ0n) is 10.9. The highest BCUT2D eigenvalue weighted by Gasteiger charge is 2.18. The zero-order chi connectivity index (χ0) is 13.9. The van der Waals surface area contributed by atoms with Crippen molar-refractivity contribution in [3.05, 3.63) is 28.8 Å². The summed E-state index contributed by atoms with van der Waals surface area (Å²) in [6, 6.07) is 3.27. The quantitative estimate of drug-likeness (QED) is 0.819. The van der Waals surface area contributed by atoms with E-state index in [1.807, 2.05) is 0 Å². The van der Waals surface area contributed by atoms with Gasteiger partial charge in [-0.05, 0) is 44.0 Å². The number of carbonyl (C=O) groups is 2. The van der Waals surface area contributed by atoms with Gasteiger partial charge in [0.2, 0.25) is 5.91 Å². The minimum atomic E-state index is -0.702. The number of carbonyl (C=O) groups excluding carboxylic acids is 2. The summed E-state index contributed by atoms with van der Waals surface area (Å²) in [5, 5.41) is 0. The van der Waals surface area contributed by atoms with Crippen LogP contribution in [0.5, 0.6) is 5.75 Å². The van der Waals surface area contributed by atoms with Crippen LogP contribution in [0.1, 0.15) is 28.4 Å². The van der Waals surface area contributed by atoms with Crippen molar-refractivity contribution in [2.75, 3.05) is 7.11 Å². The van der Waals surface area contributed by atoms with Gasteiger partial charge in [0.15, 0.2) is 6.10 Å². The maximum absolute atomic E-state index is 11.3. The molecule has 5 nitrogen and oxygen atoms in total. The van der Waals surface area contributed by atoms with Crippen LogP contribution < -0.4 is 10.5 Å². The molecule has 1 atom stereocenters. The normalized spacial score (nSPS) is 11.8. The molecule has 0 aliphatic carbocycles. The number of primary amides is 1. The Kier molecular flexibility index (Phi) is 4.31. The van der Waals surface area contributed by atoms with Gasteiger partial charge >= 0.3 is 5.97 Å². The van der Waals surface area contributed by atoms with E-state index < -0.39 is 18.0 Å². The number of aryl methyl sites for hydroxylation is 2. The largest absolute Gasteiger partial charge is 0.478 e. The Hall–Kier alpha value is -2.04. The van der Waals surface area contributed by atoms with E-state index in [4.69, 9.17) is 10.5 Å². The fourth-order valence-electron chi connectivity index (χ4n) is 1.67. The van der Waals surface area contributed by atoms with Gasteiger partial charge in [0, 0.05) is 5.56 Å². The molecule has 1 rings (SSSR count). The average Bonchev–Trinajstić information content (AvgIpc) is 2.31. The Labute approximate surface area is 106 Å². The molecule has 0 fully saturated rings. The topological polar surface area (TPSA) is 78.6 Å². The summed E-state index contributed by atoms with van der Waals surface area (Å²) in [5.74, 6) is -0.376. The summed E-state index contributed by atoms with van der Waals surface area (Å²) in [6.45, 7) is 5.18. The Morgan fingerprint density at radius 3 is 2.11 bits per heavy atom.